The van der Waals surface area contributed by atoms with Crippen molar-refractivity contribution in [3.8, 4) is 0 Å². The molecule has 2 N–H and O–H groups in total. The molecule has 2 heterocycles. The summed E-state index contributed by atoms with van der Waals surface area (Å²) in [4.78, 5) is 24.5. The number of hydrogen-bond acceptors (Lipinski definition) is 4. The van der Waals surface area contributed by atoms with E-state index in [1.807, 2.05) is 42.5 Å². The van der Waals surface area contributed by atoms with Crippen molar-refractivity contribution in [2.24, 2.45) is 10.7 Å². The number of carbonyl (C=O) groups excluding carboxylic acids is 1. The van der Waals surface area contributed by atoms with Crippen molar-refractivity contribution in [2.75, 3.05) is 26.2 Å². The first-order chi connectivity index (χ1) is 13.8. The Balaban J connectivity index is 1.51. The molecule has 0 aliphatic carbocycles. The molecule has 1 amide bonds. The molecule has 156 valence electrons. The Morgan fingerprint density at radius 1 is 1.17 bits per heavy atom. The molecule has 1 aromatic heterocycles. The van der Waals surface area contributed by atoms with Gasteiger partial charge in [0, 0.05) is 45.1 Å². The van der Waals surface area contributed by atoms with E-state index in [1.54, 1.807) is 17.4 Å². The number of benzene rings is 1. The monoisotopic (exact) mass is 398 g/mol. The third kappa shape index (κ3) is 6.23. The van der Waals surface area contributed by atoms with Crippen LogP contribution in [0.2, 0.25) is 0 Å². The maximum absolute atomic E-state index is 12.2. The van der Waals surface area contributed by atoms with Crippen LogP contribution < -0.4 is 5.73 Å². The lowest BCUT2D eigenvalue weighted by Crippen LogP contribution is -2.53. The molecule has 29 heavy (non-hydrogen) atoms. The van der Waals surface area contributed by atoms with Gasteiger partial charge in [-0.3, -0.25) is 0 Å². The lowest BCUT2D eigenvalue weighted by Gasteiger charge is -2.36. The molecule has 1 aliphatic heterocycles. The van der Waals surface area contributed by atoms with E-state index < -0.39 is 5.60 Å². The highest BCUT2D eigenvalue weighted by molar-refractivity contribution is 5.78. The van der Waals surface area contributed by atoms with Crippen molar-refractivity contribution >= 4 is 12.1 Å². The largest absolute Gasteiger partial charge is 0.444 e. The van der Waals surface area contributed by atoms with Crippen molar-refractivity contribution in [2.45, 2.75) is 39.5 Å². The average molecular weight is 399 g/mol. The molecule has 0 spiro atoms. The van der Waals surface area contributed by atoms with Crippen LogP contribution in [0.15, 0.2) is 48.0 Å². The first-order valence-corrected chi connectivity index (χ1v) is 9.86. The van der Waals surface area contributed by atoms with E-state index in [0.29, 0.717) is 38.7 Å². The van der Waals surface area contributed by atoms with E-state index in [4.69, 9.17) is 10.5 Å². The fraction of sp³-hybridized carbons (Fsp3) is 0.476. The third-order valence-corrected chi connectivity index (χ3v) is 4.59. The lowest BCUT2D eigenvalue weighted by molar-refractivity contribution is 0.0186. The molecular formula is C21H30N6O2. The molecule has 1 aromatic carbocycles. The summed E-state index contributed by atoms with van der Waals surface area (Å²) in [6, 6.07) is 8.31. The number of piperazine rings is 1. The van der Waals surface area contributed by atoms with Gasteiger partial charge in [-0.25, -0.2) is 14.8 Å². The maximum atomic E-state index is 12.2. The van der Waals surface area contributed by atoms with Crippen LogP contribution in [-0.4, -0.2) is 63.2 Å². The minimum absolute atomic E-state index is 0.276. The fourth-order valence-electron chi connectivity index (χ4n) is 3.13. The molecule has 0 radical (unpaired) electrons. The molecule has 8 heteroatoms. The van der Waals surface area contributed by atoms with Gasteiger partial charge in [-0.15, -0.1) is 0 Å². The number of aliphatic imine (C=N–C) groups is 1. The molecule has 0 bridgehead atoms. The summed E-state index contributed by atoms with van der Waals surface area (Å²) in [5.74, 6) is 0.508. The molecular weight excluding hydrogens is 368 g/mol. The number of imidazole rings is 1. The molecule has 1 saturated heterocycles. The van der Waals surface area contributed by atoms with Crippen LogP contribution in [0.3, 0.4) is 0 Å². The van der Waals surface area contributed by atoms with Crippen molar-refractivity contribution in [3.05, 3.63) is 54.1 Å². The quantitative estimate of drug-likeness (QED) is 0.631. The first-order valence-electron chi connectivity index (χ1n) is 9.86. The summed E-state index contributed by atoms with van der Waals surface area (Å²) in [6.45, 7) is 9.36. The van der Waals surface area contributed by atoms with E-state index >= 15 is 0 Å². The normalized spacial score (nSPS) is 15.5. The second-order valence-electron chi connectivity index (χ2n) is 8.18. The average Bonchev–Trinajstić information content (AvgIpc) is 3.18. The molecule has 8 nitrogen and oxygen atoms in total. The molecule has 2 aromatic rings. The van der Waals surface area contributed by atoms with Crippen LogP contribution in [0.25, 0.3) is 0 Å². The zero-order valence-electron chi connectivity index (χ0n) is 17.4. The molecule has 1 fully saturated rings. The van der Waals surface area contributed by atoms with E-state index in [-0.39, 0.29) is 6.09 Å². The number of aromatic nitrogens is 2. The summed E-state index contributed by atoms with van der Waals surface area (Å²) in [5, 5.41) is 0. The van der Waals surface area contributed by atoms with Crippen LogP contribution in [0.5, 0.6) is 0 Å². The van der Waals surface area contributed by atoms with Gasteiger partial charge in [-0.1, -0.05) is 24.3 Å². The minimum atomic E-state index is -0.485. The Labute approximate surface area is 172 Å². The summed E-state index contributed by atoms with van der Waals surface area (Å²) >= 11 is 0. The molecule has 3 rings (SSSR count). The zero-order valence-corrected chi connectivity index (χ0v) is 17.4. The van der Waals surface area contributed by atoms with Gasteiger partial charge < -0.3 is 24.8 Å². The highest BCUT2D eigenvalue weighted by atomic mass is 16.6. The first kappa shape index (κ1) is 20.7. The van der Waals surface area contributed by atoms with E-state index in [9.17, 15) is 4.79 Å². The van der Waals surface area contributed by atoms with Crippen molar-refractivity contribution in [1.82, 2.24) is 19.4 Å². The SMILES string of the molecule is CC(C)(C)OC(=O)N1CCN(C(N)=NCc2cccc(Cn3ccnc3)c2)CC1. The lowest BCUT2D eigenvalue weighted by atomic mass is 10.1. The van der Waals surface area contributed by atoms with Crippen molar-refractivity contribution in [3.63, 3.8) is 0 Å². The van der Waals surface area contributed by atoms with Crippen LogP contribution >= 0.6 is 0 Å². The van der Waals surface area contributed by atoms with E-state index in [1.165, 1.54) is 5.56 Å². The van der Waals surface area contributed by atoms with Gasteiger partial charge >= 0.3 is 6.09 Å². The number of nitrogens with zero attached hydrogens (tertiary/aromatic N) is 5. The molecule has 1 aliphatic rings. The maximum Gasteiger partial charge on any atom is 0.410 e. The third-order valence-electron chi connectivity index (χ3n) is 4.59. The van der Waals surface area contributed by atoms with Crippen LogP contribution in [-0.2, 0) is 17.8 Å². The number of carbonyl (C=O) groups is 1. The summed E-state index contributed by atoms with van der Waals surface area (Å²) < 4.78 is 7.46. The van der Waals surface area contributed by atoms with Gasteiger partial charge in [0.05, 0.1) is 12.9 Å². The van der Waals surface area contributed by atoms with Gasteiger partial charge in [0.1, 0.15) is 5.60 Å². The smallest absolute Gasteiger partial charge is 0.410 e. The van der Waals surface area contributed by atoms with Crippen LogP contribution in [0.1, 0.15) is 31.9 Å². The number of hydrogen-bond donors (Lipinski definition) is 1. The number of rotatable bonds is 4. The van der Waals surface area contributed by atoms with Gasteiger partial charge in [0.25, 0.3) is 0 Å². The standard InChI is InChI=1S/C21H30N6O2/c1-21(2,3)29-20(28)27-11-9-26(10-12-27)19(22)24-14-17-5-4-6-18(13-17)15-25-8-7-23-16-25/h4-8,13,16H,9-12,14-15H2,1-3H3,(H2,22,24). The van der Waals surface area contributed by atoms with Crippen LogP contribution in [0, 0.1) is 0 Å². The fourth-order valence-corrected chi connectivity index (χ4v) is 3.13. The topological polar surface area (TPSA) is 89.0 Å². The number of ether oxygens (including phenoxy) is 1. The van der Waals surface area contributed by atoms with Crippen molar-refractivity contribution in [1.29, 1.82) is 0 Å². The van der Waals surface area contributed by atoms with Gasteiger partial charge in [0.2, 0.25) is 0 Å². The number of guanidine groups is 1. The summed E-state index contributed by atoms with van der Waals surface area (Å²) in [7, 11) is 0. The summed E-state index contributed by atoms with van der Waals surface area (Å²) in [5.41, 5.74) is 8.02. The number of nitrogens with two attached hydrogens (primary N) is 1. The highest BCUT2D eigenvalue weighted by Gasteiger charge is 2.26. The Morgan fingerprint density at radius 3 is 2.52 bits per heavy atom. The van der Waals surface area contributed by atoms with Crippen LogP contribution in [0.4, 0.5) is 4.79 Å². The Morgan fingerprint density at radius 2 is 1.86 bits per heavy atom. The number of amides is 1. The molecule has 0 unspecified atom stereocenters. The predicted molar refractivity (Wildman–Crippen MR) is 112 cm³/mol. The Kier molecular flexibility index (Phi) is 6.41. The Bertz CT molecular complexity index is 833. The van der Waals surface area contributed by atoms with Gasteiger partial charge in [-0.05, 0) is 31.9 Å². The van der Waals surface area contributed by atoms with E-state index in [2.05, 4.69) is 28.2 Å². The predicted octanol–water partition coefficient (Wildman–Crippen LogP) is 2.30. The van der Waals surface area contributed by atoms with Crippen molar-refractivity contribution < 1.29 is 9.53 Å². The van der Waals surface area contributed by atoms with E-state index in [0.717, 1.165) is 12.1 Å². The Hall–Kier alpha value is -3.03. The van der Waals surface area contributed by atoms with Gasteiger partial charge in [0.15, 0.2) is 5.96 Å². The minimum Gasteiger partial charge on any atom is -0.444 e. The summed E-state index contributed by atoms with van der Waals surface area (Å²) in [6.07, 6.45) is 5.25. The zero-order chi connectivity index (χ0) is 20.9. The molecule has 0 atom stereocenters. The second kappa shape index (κ2) is 8.98. The second-order valence-corrected chi connectivity index (χ2v) is 8.18. The van der Waals surface area contributed by atoms with Gasteiger partial charge in [-0.2, -0.15) is 0 Å². The highest BCUT2D eigenvalue weighted by Crippen LogP contribution is 2.12. The molecule has 0 saturated carbocycles.